The lowest BCUT2D eigenvalue weighted by molar-refractivity contribution is 0.390. The zero-order chi connectivity index (χ0) is 18.5. The number of phenolic OH excluding ortho intramolecular Hbond substituents is 1. The lowest BCUT2D eigenvalue weighted by Crippen LogP contribution is -2.27. The van der Waals surface area contributed by atoms with Crippen molar-refractivity contribution in [1.29, 1.82) is 0 Å². The van der Waals surface area contributed by atoms with Crippen LogP contribution in [0.4, 0.5) is 0 Å². The summed E-state index contributed by atoms with van der Waals surface area (Å²) in [6.45, 7) is 3.66. The second kappa shape index (κ2) is 8.13. The molecular weight excluding hydrogens is 326 g/mol. The molecule has 1 heterocycles. The van der Waals surface area contributed by atoms with E-state index in [1.807, 2.05) is 25.1 Å². The number of aromatic amines is 1. The molecule has 5 nitrogen and oxygen atoms in total. The number of aliphatic imine (C=N–C) groups is 2. The Hall–Kier alpha value is -2.69. The average Bonchev–Trinajstić information content (AvgIpc) is 2.65. The molecule has 136 valence electrons. The number of phenols is 1. The van der Waals surface area contributed by atoms with E-state index in [-0.39, 0.29) is 23.3 Å². The quantitative estimate of drug-likeness (QED) is 0.826. The maximum absolute atomic E-state index is 12.1. The second-order valence-corrected chi connectivity index (χ2v) is 6.91. The molecule has 2 unspecified atom stereocenters. The molecular formula is C21H25N3O2. The zero-order valence-electron chi connectivity index (χ0n) is 15.3. The number of benzene rings is 1. The Balaban J connectivity index is 1.78. The van der Waals surface area contributed by atoms with E-state index in [0.29, 0.717) is 11.1 Å². The molecule has 1 aromatic carbocycles. The van der Waals surface area contributed by atoms with E-state index in [9.17, 15) is 9.90 Å². The Morgan fingerprint density at radius 3 is 2.35 bits per heavy atom. The van der Waals surface area contributed by atoms with Crippen molar-refractivity contribution in [1.82, 2.24) is 4.98 Å². The molecule has 5 heteroatoms. The topological polar surface area (TPSA) is 77.8 Å². The lowest BCUT2D eigenvalue weighted by Gasteiger charge is -2.25. The summed E-state index contributed by atoms with van der Waals surface area (Å²) < 4.78 is 0. The third-order valence-corrected chi connectivity index (χ3v) is 4.93. The summed E-state index contributed by atoms with van der Waals surface area (Å²) in [4.78, 5) is 24.5. The van der Waals surface area contributed by atoms with E-state index < -0.39 is 0 Å². The van der Waals surface area contributed by atoms with E-state index in [2.05, 4.69) is 9.98 Å². The molecule has 3 rings (SSSR count). The summed E-state index contributed by atoms with van der Waals surface area (Å²) in [7, 11) is 0. The van der Waals surface area contributed by atoms with Gasteiger partial charge in [0.1, 0.15) is 5.75 Å². The Morgan fingerprint density at radius 1 is 1.00 bits per heavy atom. The molecule has 0 saturated heterocycles. The van der Waals surface area contributed by atoms with Crippen LogP contribution in [0.5, 0.6) is 5.75 Å². The molecule has 1 saturated carbocycles. The summed E-state index contributed by atoms with van der Waals surface area (Å²) in [6.07, 6.45) is 11.0. The zero-order valence-corrected chi connectivity index (χ0v) is 15.3. The predicted molar refractivity (Wildman–Crippen MR) is 106 cm³/mol. The van der Waals surface area contributed by atoms with Gasteiger partial charge in [-0.05, 0) is 38.3 Å². The molecule has 1 fully saturated rings. The summed E-state index contributed by atoms with van der Waals surface area (Å²) in [6, 6.07) is 5.78. The van der Waals surface area contributed by atoms with Crippen LogP contribution < -0.4 is 5.43 Å². The van der Waals surface area contributed by atoms with Gasteiger partial charge in [0.05, 0.1) is 17.6 Å². The summed E-state index contributed by atoms with van der Waals surface area (Å²) in [5, 5.41) is 10.1. The van der Waals surface area contributed by atoms with E-state index in [1.54, 1.807) is 31.7 Å². The van der Waals surface area contributed by atoms with Crippen molar-refractivity contribution in [2.24, 2.45) is 9.98 Å². The third-order valence-electron chi connectivity index (χ3n) is 4.93. The van der Waals surface area contributed by atoms with Crippen molar-refractivity contribution in [2.75, 3.05) is 0 Å². The van der Waals surface area contributed by atoms with Crippen LogP contribution in [0.1, 0.15) is 47.9 Å². The number of aryl methyl sites for hydroxylation is 2. The highest BCUT2D eigenvalue weighted by Gasteiger charge is 2.23. The largest absolute Gasteiger partial charge is 0.507 e. The van der Waals surface area contributed by atoms with Gasteiger partial charge in [-0.25, -0.2) is 0 Å². The van der Waals surface area contributed by atoms with Gasteiger partial charge < -0.3 is 10.1 Å². The normalized spacial score (nSPS) is 20.8. The number of nitrogens with one attached hydrogen (secondary N) is 1. The Bertz CT molecular complexity index is 883. The lowest BCUT2D eigenvalue weighted by atomic mass is 9.91. The van der Waals surface area contributed by atoms with Gasteiger partial charge in [-0.15, -0.1) is 0 Å². The highest BCUT2D eigenvalue weighted by atomic mass is 16.3. The number of nitrogens with zero attached hydrogens (tertiary/aromatic N) is 2. The third kappa shape index (κ3) is 4.10. The fourth-order valence-electron chi connectivity index (χ4n) is 3.29. The van der Waals surface area contributed by atoms with Gasteiger partial charge in [-0.3, -0.25) is 14.8 Å². The maximum Gasteiger partial charge on any atom is 0.193 e. The summed E-state index contributed by atoms with van der Waals surface area (Å²) in [5.74, 6) is 0.276. The first-order valence-corrected chi connectivity index (χ1v) is 9.09. The fraction of sp³-hybridized carbons (Fsp3) is 0.381. The fourth-order valence-corrected chi connectivity index (χ4v) is 3.29. The standard InChI is InChI=1S/C21H25N3O2/c1-14-6-5-7-16(20(14)25)12-23-18-8-3-4-9-19(18)24-13-17-11-22-10-15(2)21(17)26/h5-7,10-13,18-19,25H,3-4,8-9H2,1-2H3,(H,22,26). The summed E-state index contributed by atoms with van der Waals surface area (Å²) in [5.41, 5.74) is 2.84. The predicted octanol–water partition coefficient (Wildman–Crippen LogP) is 3.55. The Labute approximate surface area is 153 Å². The molecule has 2 N–H and O–H groups in total. The first-order valence-electron chi connectivity index (χ1n) is 9.09. The van der Waals surface area contributed by atoms with Crippen LogP contribution in [0, 0.1) is 13.8 Å². The van der Waals surface area contributed by atoms with Gasteiger partial charge >= 0.3 is 0 Å². The number of rotatable bonds is 4. The highest BCUT2D eigenvalue weighted by Crippen LogP contribution is 2.25. The van der Waals surface area contributed by atoms with Crippen LogP contribution >= 0.6 is 0 Å². The monoisotopic (exact) mass is 351 g/mol. The van der Waals surface area contributed by atoms with Gasteiger partial charge in [0.25, 0.3) is 0 Å². The number of H-pyrrole nitrogens is 1. The van der Waals surface area contributed by atoms with Crippen molar-refractivity contribution in [3.63, 3.8) is 0 Å². The molecule has 1 aromatic heterocycles. The molecule has 1 aliphatic carbocycles. The first-order chi connectivity index (χ1) is 12.6. The first kappa shape index (κ1) is 18.1. The number of hydrogen-bond donors (Lipinski definition) is 2. The van der Waals surface area contributed by atoms with Crippen LogP contribution in [0.3, 0.4) is 0 Å². The van der Waals surface area contributed by atoms with Crippen LogP contribution in [0.15, 0.2) is 45.4 Å². The van der Waals surface area contributed by atoms with Crippen molar-refractivity contribution in [3.05, 3.63) is 63.1 Å². The Morgan fingerprint density at radius 2 is 1.65 bits per heavy atom. The number of para-hydroxylation sites is 1. The van der Waals surface area contributed by atoms with Crippen LogP contribution in [0.2, 0.25) is 0 Å². The molecule has 2 aromatic rings. The van der Waals surface area contributed by atoms with Crippen LogP contribution in [-0.2, 0) is 0 Å². The minimum Gasteiger partial charge on any atom is -0.507 e. The van der Waals surface area contributed by atoms with E-state index in [1.165, 1.54) is 0 Å². The average molecular weight is 351 g/mol. The minimum atomic E-state index is 0.00745. The van der Waals surface area contributed by atoms with E-state index >= 15 is 0 Å². The Kier molecular flexibility index (Phi) is 5.66. The molecule has 0 bridgehead atoms. The molecule has 2 atom stereocenters. The number of aromatic hydroxyl groups is 1. The van der Waals surface area contributed by atoms with Gasteiger partial charge in [0.2, 0.25) is 0 Å². The van der Waals surface area contributed by atoms with Crippen molar-refractivity contribution in [3.8, 4) is 5.75 Å². The van der Waals surface area contributed by atoms with Crippen molar-refractivity contribution in [2.45, 2.75) is 51.6 Å². The van der Waals surface area contributed by atoms with Gasteiger partial charge in [0, 0.05) is 35.9 Å². The highest BCUT2D eigenvalue weighted by molar-refractivity contribution is 5.84. The van der Waals surface area contributed by atoms with Gasteiger partial charge in [-0.1, -0.05) is 25.0 Å². The van der Waals surface area contributed by atoms with E-state index in [0.717, 1.165) is 36.8 Å². The smallest absolute Gasteiger partial charge is 0.193 e. The number of aromatic nitrogens is 1. The summed E-state index contributed by atoms with van der Waals surface area (Å²) >= 11 is 0. The van der Waals surface area contributed by atoms with Crippen molar-refractivity contribution >= 4 is 12.4 Å². The SMILES string of the molecule is Cc1cccc(C=NC2CCCCC2N=Cc2c[nH]cc(C)c2=O)c1O. The van der Waals surface area contributed by atoms with Crippen LogP contribution in [-0.4, -0.2) is 34.6 Å². The molecule has 1 aliphatic rings. The maximum atomic E-state index is 12.1. The molecule has 0 amide bonds. The van der Waals surface area contributed by atoms with Crippen molar-refractivity contribution < 1.29 is 5.11 Å². The molecule has 0 spiro atoms. The minimum absolute atomic E-state index is 0.00745. The molecule has 0 aliphatic heterocycles. The molecule has 26 heavy (non-hydrogen) atoms. The van der Waals surface area contributed by atoms with Gasteiger partial charge in [-0.2, -0.15) is 0 Å². The van der Waals surface area contributed by atoms with E-state index in [4.69, 9.17) is 4.99 Å². The number of pyridine rings is 1. The number of hydrogen-bond acceptors (Lipinski definition) is 4. The van der Waals surface area contributed by atoms with Crippen LogP contribution in [0.25, 0.3) is 0 Å². The second-order valence-electron chi connectivity index (χ2n) is 6.91. The van der Waals surface area contributed by atoms with Gasteiger partial charge in [0.15, 0.2) is 5.43 Å². The molecule has 0 radical (unpaired) electrons.